The molecule has 0 fully saturated rings. The maximum Gasteiger partial charge on any atom is 0.140 e. The van der Waals surface area contributed by atoms with E-state index in [2.05, 4.69) is 32.6 Å². The molecule has 0 atom stereocenters. The van der Waals surface area contributed by atoms with Crippen LogP contribution in [0, 0.1) is 10.5 Å². The average molecular weight is 279 g/mol. The molecule has 1 aromatic rings. The van der Waals surface area contributed by atoms with Crippen LogP contribution < -0.4 is 5.73 Å². The van der Waals surface area contributed by atoms with Crippen LogP contribution in [0.15, 0.2) is 0 Å². The molecule has 0 amide bonds. The number of nitrogens with zero attached hydrogens (tertiary/aromatic N) is 2. The van der Waals surface area contributed by atoms with Crippen molar-refractivity contribution in [2.45, 2.75) is 13.5 Å². The molecule has 0 aromatic carbocycles. The van der Waals surface area contributed by atoms with Gasteiger partial charge in [-0.25, -0.2) is 9.97 Å². The van der Waals surface area contributed by atoms with Crippen molar-refractivity contribution in [3.8, 4) is 0 Å². The quantitative estimate of drug-likeness (QED) is 0.824. The third-order valence-electron chi connectivity index (χ3n) is 1.34. The first-order valence-corrected chi connectivity index (χ1v) is 4.50. The Hall–Kier alpha value is -0.430. The van der Waals surface area contributed by atoms with E-state index in [0.717, 1.165) is 9.26 Å². The van der Waals surface area contributed by atoms with Gasteiger partial charge in [-0.2, -0.15) is 0 Å². The van der Waals surface area contributed by atoms with E-state index in [9.17, 15) is 0 Å². The van der Waals surface area contributed by atoms with Crippen LogP contribution in [0.4, 0.5) is 5.82 Å². The van der Waals surface area contributed by atoms with Crippen molar-refractivity contribution in [2.24, 2.45) is 0 Å². The third-order valence-corrected chi connectivity index (χ3v) is 2.51. The Morgan fingerprint density at radius 2 is 2.17 bits per heavy atom. The molecule has 1 rings (SSSR count). The molecule has 0 unspecified atom stereocenters. The molecule has 0 aliphatic rings. The third kappa shape index (κ3) is 2.04. The standard InChI is InChI=1S/C7H10IN3O/c1-4-10-5(3-12-2)6(8)7(9)11-4/h3H2,1-2H3,(H2,9,10,11). The summed E-state index contributed by atoms with van der Waals surface area (Å²) in [6, 6.07) is 0. The van der Waals surface area contributed by atoms with Crippen molar-refractivity contribution >= 4 is 28.4 Å². The highest BCUT2D eigenvalue weighted by Gasteiger charge is 2.06. The molecule has 0 spiro atoms. The second-order valence-corrected chi connectivity index (χ2v) is 3.43. The van der Waals surface area contributed by atoms with Crippen molar-refractivity contribution in [3.63, 3.8) is 0 Å². The fourth-order valence-electron chi connectivity index (χ4n) is 0.873. The fourth-order valence-corrected chi connectivity index (χ4v) is 1.27. The van der Waals surface area contributed by atoms with E-state index < -0.39 is 0 Å². The predicted octanol–water partition coefficient (Wildman–Crippen LogP) is 1.12. The lowest BCUT2D eigenvalue weighted by Gasteiger charge is -2.05. The van der Waals surface area contributed by atoms with Gasteiger partial charge in [0.1, 0.15) is 11.6 Å². The van der Waals surface area contributed by atoms with Crippen LogP contribution in [0.1, 0.15) is 11.5 Å². The number of nitrogen functional groups attached to an aromatic ring is 1. The van der Waals surface area contributed by atoms with Crippen molar-refractivity contribution in [3.05, 3.63) is 15.1 Å². The summed E-state index contributed by atoms with van der Waals surface area (Å²) >= 11 is 2.11. The molecule has 12 heavy (non-hydrogen) atoms. The highest BCUT2D eigenvalue weighted by molar-refractivity contribution is 14.1. The second-order valence-electron chi connectivity index (χ2n) is 2.35. The molecule has 0 bridgehead atoms. The molecule has 0 aliphatic heterocycles. The Balaban J connectivity index is 3.09. The van der Waals surface area contributed by atoms with Gasteiger partial charge in [0.15, 0.2) is 0 Å². The SMILES string of the molecule is COCc1nc(C)nc(N)c1I. The van der Waals surface area contributed by atoms with E-state index in [1.165, 1.54) is 0 Å². The Morgan fingerprint density at radius 3 is 2.75 bits per heavy atom. The lowest BCUT2D eigenvalue weighted by Crippen LogP contribution is -2.05. The fraction of sp³-hybridized carbons (Fsp3) is 0.429. The number of ether oxygens (including phenoxy) is 1. The van der Waals surface area contributed by atoms with Crippen LogP contribution in [0.3, 0.4) is 0 Å². The lowest BCUT2D eigenvalue weighted by atomic mass is 10.4. The molecule has 0 aliphatic carbocycles. The Kier molecular flexibility index (Phi) is 3.21. The van der Waals surface area contributed by atoms with Gasteiger partial charge in [-0.05, 0) is 29.5 Å². The number of rotatable bonds is 2. The largest absolute Gasteiger partial charge is 0.383 e. The normalized spacial score (nSPS) is 10.2. The number of hydrogen-bond acceptors (Lipinski definition) is 4. The van der Waals surface area contributed by atoms with Gasteiger partial charge in [0, 0.05) is 7.11 Å². The first-order valence-electron chi connectivity index (χ1n) is 3.42. The summed E-state index contributed by atoms with van der Waals surface area (Å²) in [6.07, 6.45) is 0. The van der Waals surface area contributed by atoms with Crippen LogP contribution in [-0.2, 0) is 11.3 Å². The van der Waals surface area contributed by atoms with Gasteiger partial charge >= 0.3 is 0 Å². The van der Waals surface area contributed by atoms with Gasteiger partial charge in [-0.1, -0.05) is 0 Å². The summed E-state index contributed by atoms with van der Waals surface area (Å²) in [4.78, 5) is 8.22. The van der Waals surface area contributed by atoms with Crippen LogP contribution in [0.5, 0.6) is 0 Å². The Labute approximate surface area is 84.7 Å². The van der Waals surface area contributed by atoms with Gasteiger partial charge in [0.05, 0.1) is 15.9 Å². The summed E-state index contributed by atoms with van der Waals surface area (Å²) in [5, 5.41) is 0. The number of aryl methyl sites for hydroxylation is 1. The number of anilines is 1. The van der Waals surface area contributed by atoms with Crippen LogP contribution >= 0.6 is 22.6 Å². The first-order chi connectivity index (χ1) is 5.65. The summed E-state index contributed by atoms with van der Waals surface area (Å²) in [5.41, 5.74) is 6.49. The zero-order valence-electron chi connectivity index (χ0n) is 6.97. The lowest BCUT2D eigenvalue weighted by molar-refractivity contribution is 0.180. The average Bonchev–Trinajstić information content (AvgIpc) is 2.00. The molecule has 66 valence electrons. The van der Waals surface area contributed by atoms with Crippen molar-refractivity contribution in [1.82, 2.24) is 9.97 Å². The van der Waals surface area contributed by atoms with Crippen LogP contribution in [0.2, 0.25) is 0 Å². The first kappa shape index (κ1) is 9.66. The maximum absolute atomic E-state index is 5.64. The van der Waals surface area contributed by atoms with Crippen molar-refractivity contribution in [2.75, 3.05) is 12.8 Å². The van der Waals surface area contributed by atoms with E-state index in [1.54, 1.807) is 7.11 Å². The summed E-state index contributed by atoms with van der Waals surface area (Å²) in [6.45, 7) is 2.29. The highest BCUT2D eigenvalue weighted by atomic mass is 127. The molecule has 1 heterocycles. The number of methoxy groups -OCH3 is 1. The van der Waals surface area contributed by atoms with Gasteiger partial charge in [0.2, 0.25) is 0 Å². The monoisotopic (exact) mass is 279 g/mol. The topological polar surface area (TPSA) is 61.0 Å². The molecular formula is C7H10IN3O. The summed E-state index contributed by atoms with van der Waals surface area (Å²) in [5.74, 6) is 1.20. The molecular weight excluding hydrogens is 269 g/mol. The maximum atomic E-state index is 5.64. The van der Waals surface area contributed by atoms with E-state index in [1.807, 2.05) is 6.92 Å². The smallest absolute Gasteiger partial charge is 0.140 e. The number of nitrogens with two attached hydrogens (primary N) is 1. The minimum atomic E-state index is 0.478. The summed E-state index contributed by atoms with van der Waals surface area (Å²) in [7, 11) is 1.63. The predicted molar refractivity (Wildman–Crippen MR) is 54.6 cm³/mol. The molecule has 1 aromatic heterocycles. The van der Waals surface area contributed by atoms with Crippen LogP contribution in [-0.4, -0.2) is 17.1 Å². The molecule has 0 radical (unpaired) electrons. The molecule has 4 nitrogen and oxygen atoms in total. The van der Waals surface area contributed by atoms with Gasteiger partial charge in [-0.3, -0.25) is 0 Å². The van der Waals surface area contributed by atoms with Crippen LogP contribution in [0.25, 0.3) is 0 Å². The number of hydrogen-bond donors (Lipinski definition) is 1. The number of aromatic nitrogens is 2. The second kappa shape index (κ2) is 3.99. The minimum Gasteiger partial charge on any atom is -0.383 e. The molecule has 2 N–H and O–H groups in total. The Bertz CT molecular complexity index is 290. The van der Waals surface area contributed by atoms with E-state index in [-0.39, 0.29) is 0 Å². The van der Waals surface area contributed by atoms with Gasteiger partial charge in [-0.15, -0.1) is 0 Å². The molecule has 0 saturated carbocycles. The molecule has 5 heteroatoms. The van der Waals surface area contributed by atoms with Crippen molar-refractivity contribution < 1.29 is 4.74 Å². The summed E-state index contributed by atoms with van der Waals surface area (Å²) < 4.78 is 5.84. The molecule has 0 saturated heterocycles. The van der Waals surface area contributed by atoms with E-state index >= 15 is 0 Å². The minimum absolute atomic E-state index is 0.478. The number of halogens is 1. The highest BCUT2D eigenvalue weighted by Crippen LogP contribution is 2.16. The van der Waals surface area contributed by atoms with E-state index in [4.69, 9.17) is 10.5 Å². The van der Waals surface area contributed by atoms with Gasteiger partial charge in [0.25, 0.3) is 0 Å². The van der Waals surface area contributed by atoms with E-state index in [0.29, 0.717) is 18.2 Å². The zero-order valence-corrected chi connectivity index (χ0v) is 9.12. The van der Waals surface area contributed by atoms with Gasteiger partial charge < -0.3 is 10.5 Å². The van der Waals surface area contributed by atoms with Crippen molar-refractivity contribution in [1.29, 1.82) is 0 Å². The zero-order chi connectivity index (χ0) is 9.14. The Morgan fingerprint density at radius 1 is 1.50 bits per heavy atom.